The Labute approximate surface area is 120 Å². The predicted octanol–water partition coefficient (Wildman–Crippen LogP) is -0.861. The third kappa shape index (κ3) is 3.32. The fourth-order valence-corrected chi connectivity index (χ4v) is 1.55. The predicted molar refractivity (Wildman–Crippen MR) is 57.3 cm³/mol. The number of nitrogens with zero attached hydrogens (tertiary/aromatic N) is 1. The van der Waals surface area contributed by atoms with Crippen LogP contribution in [0.1, 0.15) is 10.4 Å². The monoisotopic (exact) mass is 361 g/mol. The molecule has 2 aromatic rings. The van der Waals surface area contributed by atoms with Gasteiger partial charge in [0.05, 0.1) is 5.56 Å². The van der Waals surface area contributed by atoms with Crippen LogP contribution in [0.2, 0.25) is 0 Å². The second kappa shape index (κ2) is 6.53. The molecule has 0 amide bonds. The summed E-state index contributed by atoms with van der Waals surface area (Å²) in [4.78, 5) is 11.8. The maximum absolute atomic E-state index is 13.3. The first-order valence-corrected chi connectivity index (χ1v) is 5.10. The summed E-state index contributed by atoms with van der Waals surface area (Å²) in [6.07, 6.45) is 3.33. The summed E-state index contributed by atoms with van der Waals surface area (Å²) in [6, 6.07) is 8.66. The van der Waals surface area contributed by atoms with Gasteiger partial charge < -0.3 is 24.0 Å². The molecule has 0 unspecified atom stereocenters. The van der Waals surface area contributed by atoms with E-state index in [9.17, 15) is 13.6 Å². The number of hydrogen-bond donors (Lipinski definition) is 0. The molecular weight excluding hydrogens is 351 g/mol. The van der Waals surface area contributed by atoms with Crippen molar-refractivity contribution in [3.8, 4) is 0 Å². The Kier molecular flexibility index (Phi) is 5.33. The average molecular weight is 361 g/mol. The summed E-state index contributed by atoms with van der Waals surface area (Å²) in [6.45, 7) is -0.0846. The molecule has 1 heterocycles. The lowest BCUT2D eigenvalue weighted by atomic mass is 10.1. The van der Waals surface area contributed by atoms with Gasteiger partial charge in [-0.1, -0.05) is 12.1 Å². The Hall–Kier alpha value is -1.37. The van der Waals surface area contributed by atoms with Crippen molar-refractivity contribution >= 4 is 5.78 Å². The van der Waals surface area contributed by atoms with E-state index in [1.165, 1.54) is 6.07 Å². The van der Waals surface area contributed by atoms with Crippen molar-refractivity contribution in [1.82, 2.24) is 0 Å². The molecule has 94 valence electrons. The Bertz CT molecular complexity index is 526. The highest BCUT2D eigenvalue weighted by atomic mass is 127. The van der Waals surface area contributed by atoms with Crippen molar-refractivity contribution < 1.29 is 42.1 Å². The van der Waals surface area contributed by atoms with Gasteiger partial charge >= 0.3 is 0 Å². The molecule has 1 aromatic carbocycles. The van der Waals surface area contributed by atoms with Gasteiger partial charge in [-0.2, -0.15) is 4.57 Å². The van der Waals surface area contributed by atoms with Gasteiger partial charge in [0, 0.05) is 12.1 Å². The van der Waals surface area contributed by atoms with Crippen LogP contribution in [0.15, 0.2) is 48.8 Å². The van der Waals surface area contributed by atoms with Crippen LogP contribution < -0.4 is 28.5 Å². The fourth-order valence-electron chi connectivity index (χ4n) is 1.55. The van der Waals surface area contributed by atoms with Crippen LogP contribution in [0.5, 0.6) is 0 Å². The van der Waals surface area contributed by atoms with Crippen LogP contribution in [0.3, 0.4) is 0 Å². The van der Waals surface area contributed by atoms with Gasteiger partial charge in [-0.25, -0.2) is 8.78 Å². The smallest absolute Gasteiger partial charge is 0.233 e. The van der Waals surface area contributed by atoms with E-state index in [-0.39, 0.29) is 30.5 Å². The summed E-state index contributed by atoms with van der Waals surface area (Å²) in [5.41, 5.74) is -0.483. The summed E-state index contributed by atoms with van der Waals surface area (Å²) in [7, 11) is 0. The van der Waals surface area contributed by atoms with E-state index in [0.717, 1.165) is 12.1 Å². The number of pyridine rings is 1. The van der Waals surface area contributed by atoms with E-state index in [2.05, 4.69) is 0 Å². The number of ketones is 1. The first-order valence-electron chi connectivity index (χ1n) is 5.10. The van der Waals surface area contributed by atoms with Crippen molar-refractivity contribution in [2.45, 2.75) is 6.54 Å². The van der Waals surface area contributed by atoms with E-state index in [1.54, 1.807) is 35.2 Å². The highest BCUT2D eigenvalue weighted by Crippen LogP contribution is 2.12. The van der Waals surface area contributed by atoms with Gasteiger partial charge in [0.1, 0.15) is 11.6 Å². The van der Waals surface area contributed by atoms with Gasteiger partial charge in [-0.05, 0) is 12.1 Å². The number of carbonyl (C=O) groups excluding carboxylic acids is 1. The number of halogens is 3. The summed E-state index contributed by atoms with van der Waals surface area (Å²) in [5, 5.41) is 0. The van der Waals surface area contributed by atoms with Crippen LogP contribution in [0.4, 0.5) is 8.78 Å². The SMILES string of the molecule is O=C(C[n+]1ccccc1)c1c(F)cccc1F.[I-]. The quantitative estimate of drug-likeness (QED) is 0.396. The molecule has 0 saturated heterocycles. The zero-order valence-electron chi connectivity index (χ0n) is 9.32. The molecule has 18 heavy (non-hydrogen) atoms. The van der Waals surface area contributed by atoms with Gasteiger partial charge in [0.15, 0.2) is 12.4 Å². The molecule has 2 nitrogen and oxygen atoms in total. The maximum Gasteiger partial charge on any atom is 0.233 e. The normalized spacial score (nSPS) is 9.67. The molecule has 0 bridgehead atoms. The second-order valence-corrected chi connectivity index (χ2v) is 3.57. The van der Waals surface area contributed by atoms with Crippen molar-refractivity contribution in [1.29, 1.82) is 0 Å². The van der Waals surface area contributed by atoms with Crippen molar-refractivity contribution in [2.24, 2.45) is 0 Å². The first kappa shape index (κ1) is 14.7. The minimum atomic E-state index is -0.827. The molecule has 0 aliphatic rings. The average Bonchev–Trinajstić information content (AvgIpc) is 2.30. The zero-order chi connectivity index (χ0) is 12.3. The Morgan fingerprint density at radius 1 is 1.00 bits per heavy atom. The lowest BCUT2D eigenvalue weighted by Gasteiger charge is -2.01. The van der Waals surface area contributed by atoms with E-state index in [4.69, 9.17) is 0 Å². The van der Waals surface area contributed by atoms with Crippen LogP contribution in [-0.4, -0.2) is 5.78 Å². The van der Waals surface area contributed by atoms with Gasteiger partial charge in [-0.15, -0.1) is 0 Å². The van der Waals surface area contributed by atoms with E-state index < -0.39 is 23.0 Å². The van der Waals surface area contributed by atoms with Crippen LogP contribution in [0, 0.1) is 11.6 Å². The topological polar surface area (TPSA) is 20.9 Å². The summed E-state index contributed by atoms with van der Waals surface area (Å²) < 4.78 is 28.2. The zero-order valence-corrected chi connectivity index (χ0v) is 11.5. The van der Waals surface area contributed by atoms with E-state index in [0.29, 0.717) is 0 Å². The lowest BCUT2D eigenvalue weighted by Crippen LogP contribution is -3.00. The molecular formula is C13H10F2INO. The molecule has 5 heteroatoms. The molecule has 0 saturated carbocycles. The fraction of sp³-hybridized carbons (Fsp3) is 0.0769. The number of Topliss-reactive ketones (excluding diaryl/α,β-unsaturated/α-hetero) is 1. The lowest BCUT2D eigenvalue weighted by molar-refractivity contribution is -0.683. The van der Waals surface area contributed by atoms with Gasteiger partial charge in [0.25, 0.3) is 0 Å². The molecule has 1 aromatic heterocycles. The molecule has 0 atom stereocenters. The first-order chi connectivity index (χ1) is 8.18. The Morgan fingerprint density at radius 2 is 1.56 bits per heavy atom. The van der Waals surface area contributed by atoms with Crippen LogP contribution in [0.25, 0.3) is 0 Å². The molecule has 0 aliphatic heterocycles. The summed E-state index contributed by atoms with van der Waals surface area (Å²) in [5.74, 6) is -2.24. The molecule has 0 spiro atoms. The highest BCUT2D eigenvalue weighted by molar-refractivity contribution is 5.95. The van der Waals surface area contributed by atoms with Gasteiger partial charge in [-0.3, -0.25) is 4.79 Å². The molecule has 0 aliphatic carbocycles. The number of carbonyl (C=O) groups is 1. The molecule has 0 N–H and O–H groups in total. The number of rotatable bonds is 3. The minimum absolute atomic E-state index is 0. The Balaban J connectivity index is 0.00000162. The van der Waals surface area contributed by atoms with E-state index in [1.807, 2.05) is 0 Å². The second-order valence-electron chi connectivity index (χ2n) is 3.57. The largest absolute Gasteiger partial charge is 1.00 e. The van der Waals surface area contributed by atoms with Crippen molar-refractivity contribution in [3.63, 3.8) is 0 Å². The van der Waals surface area contributed by atoms with Crippen LogP contribution in [-0.2, 0) is 6.54 Å². The number of aromatic nitrogens is 1. The standard InChI is InChI=1S/C13H10F2NO.HI/c14-10-5-4-6-11(15)13(10)12(17)9-16-7-2-1-3-8-16;/h1-8H,9H2;1H/q+1;/p-1. The van der Waals surface area contributed by atoms with Crippen molar-refractivity contribution in [2.75, 3.05) is 0 Å². The molecule has 0 radical (unpaired) electrons. The van der Waals surface area contributed by atoms with Gasteiger partial charge in [0.2, 0.25) is 12.3 Å². The van der Waals surface area contributed by atoms with Crippen LogP contribution >= 0.6 is 0 Å². The molecule has 2 rings (SSSR count). The maximum atomic E-state index is 13.3. The number of benzene rings is 1. The molecule has 0 fully saturated rings. The van der Waals surface area contributed by atoms with E-state index >= 15 is 0 Å². The number of hydrogen-bond acceptors (Lipinski definition) is 1. The highest BCUT2D eigenvalue weighted by Gasteiger charge is 2.20. The summed E-state index contributed by atoms with van der Waals surface area (Å²) >= 11 is 0. The Morgan fingerprint density at radius 3 is 2.11 bits per heavy atom. The minimum Gasteiger partial charge on any atom is -1.00 e. The third-order valence-electron chi connectivity index (χ3n) is 2.35. The third-order valence-corrected chi connectivity index (χ3v) is 2.35. The van der Waals surface area contributed by atoms with Crippen molar-refractivity contribution in [3.05, 3.63) is 66.0 Å².